The fraction of sp³-hybridized carbons (Fsp3) is 0.532. The van der Waals surface area contributed by atoms with Crippen LogP contribution in [0, 0.1) is 0 Å². The van der Waals surface area contributed by atoms with E-state index in [1.165, 1.54) is 0 Å². The first kappa shape index (κ1) is 52.4. The molecule has 1 heterocycles. The van der Waals surface area contributed by atoms with E-state index >= 15 is 0 Å². The minimum Gasteiger partial charge on any atom is -0.462 e. The Balaban J connectivity index is 2.29. The third kappa shape index (κ3) is 34.4. The van der Waals surface area contributed by atoms with Crippen molar-refractivity contribution in [3.63, 3.8) is 0 Å². The zero-order chi connectivity index (χ0) is 42.2. The van der Waals surface area contributed by atoms with Gasteiger partial charge in [0, 0.05) is 19.4 Å². The number of phosphoric ester groups is 1. The second kappa shape index (κ2) is 37.6. The first-order valence-electron chi connectivity index (χ1n) is 21.1. The van der Waals surface area contributed by atoms with Crippen molar-refractivity contribution in [2.45, 2.75) is 135 Å². The highest BCUT2D eigenvalue weighted by Crippen LogP contribution is 2.43. The molecule has 0 spiro atoms. The van der Waals surface area contributed by atoms with Crippen LogP contribution in [0.5, 0.6) is 0 Å². The lowest BCUT2D eigenvalue weighted by Crippen LogP contribution is -2.29. The predicted octanol–water partition coefficient (Wildman–Crippen LogP) is 11.1. The van der Waals surface area contributed by atoms with Crippen molar-refractivity contribution < 1.29 is 42.3 Å². The number of esters is 2. The van der Waals surface area contributed by atoms with Crippen molar-refractivity contribution in [3.05, 3.63) is 122 Å². The van der Waals surface area contributed by atoms with E-state index in [4.69, 9.17) is 29.0 Å². The number of nitrogens with two attached hydrogens (primary N) is 1. The molecule has 1 aliphatic rings. The van der Waals surface area contributed by atoms with Gasteiger partial charge in [0.1, 0.15) is 6.61 Å². The molecule has 10 nitrogen and oxygen atoms in total. The molecule has 0 bridgehead atoms. The Labute approximate surface area is 349 Å². The zero-order valence-corrected chi connectivity index (χ0v) is 36.1. The summed E-state index contributed by atoms with van der Waals surface area (Å²) in [5, 5.41) is 0. The smallest absolute Gasteiger partial charge is 0.462 e. The molecule has 4 atom stereocenters. The van der Waals surface area contributed by atoms with Crippen LogP contribution >= 0.6 is 7.82 Å². The molecule has 0 aromatic rings. The quantitative estimate of drug-likeness (QED) is 0.0206. The van der Waals surface area contributed by atoms with Gasteiger partial charge < -0.3 is 24.8 Å². The number of unbranched alkanes of at least 4 members (excludes halogenated alkanes) is 1. The number of ether oxygens (including phenoxy) is 3. The number of carbonyl (C=O) groups is 2. The number of hydrogen-bond acceptors (Lipinski definition) is 9. The Bertz CT molecular complexity index is 1420. The Kier molecular flexibility index (Phi) is 34.0. The topological polar surface area (TPSA) is 147 Å². The van der Waals surface area contributed by atoms with E-state index in [0.29, 0.717) is 31.5 Å². The molecule has 11 heteroatoms. The van der Waals surface area contributed by atoms with Crippen LogP contribution in [0.15, 0.2) is 122 Å². The second-order valence-corrected chi connectivity index (χ2v) is 14.9. The van der Waals surface area contributed by atoms with Gasteiger partial charge in [0.05, 0.1) is 25.4 Å². The van der Waals surface area contributed by atoms with Crippen molar-refractivity contribution in [2.75, 3.05) is 26.4 Å². The van der Waals surface area contributed by atoms with Gasteiger partial charge in [-0.05, 0) is 89.9 Å². The highest BCUT2D eigenvalue weighted by atomic mass is 31.2. The third-order valence-electron chi connectivity index (χ3n) is 8.26. The molecule has 0 radical (unpaired) electrons. The number of carbonyl (C=O) groups excluding carboxylic acids is 2. The van der Waals surface area contributed by atoms with Gasteiger partial charge in [0.2, 0.25) is 0 Å². The van der Waals surface area contributed by atoms with Crippen molar-refractivity contribution >= 4 is 19.8 Å². The fourth-order valence-corrected chi connectivity index (χ4v) is 5.85. The van der Waals surface area contributed by atoms with Crippen molar-refractivity contribution in [1.82, 2.24) is 0 Å². The summed E-state index contributed by atoms with van der Waals surface area (Å²) in [5.41, 5.74) is 5.34. The summed E-state index contributed by atoms with van der Waals surface area (Å²) < 4.78 is 38.3. The van der Waals surface area contributed by atoms with E-state index in [1.54, 1.807) is 0 Å². The van der Waals surface area contributed by atoms with E-state index in [1.807, 2.05) is 24.3 Å². The zero-order valence-electron chi connectivity index (χ0n) is 35.2. The molecular weight excluding hydrogens is 753 g/mol. The molecule has 1 saturated heterocycles. The number of hydrogen-bond donors (Lipinski definition) is 2. The van der Waals surface area contributed by atoms with Crippen LogP contribution in [0.25, 0.3) is 0 Å². The molecule has 0 aromatic carbocycles. The van der Waals surface area contributed by atoms with Gasteiger partial charge in [-0.25, -0.2) is 4.57 Å². The number of phosphoric acid groups is 1. The van der Waals surface area contributed by atoms with Crippen LogP contribution in [0.2, 0.25) is 0 Å². The van der Waals surface area contributed by atoms with Crippen LogP contribution < -0.4 is 5.73 Å². The van der Waals surface area contributed by atoms with Gasteiger partial charge in [0.25, 0.3) is 0 Å². The molecule has 3 unspecified atom stereocenters. The summed E-state index contributed by atoms with van der Waals surface area (Å²) >= 11 is 0. The molecule has 324 valence electrons. The molecule has 58 heavy (non-hydrogen) atoms. The molecule has 1 rings (SSSR count). The monoisotopic (exact) mass is 825 g/mol. The largest absolute Gasteiger partial charge is 0.472 e. The normalized spacial score (nSPS) is 18.0. The van der Waals surface area contributed by atoms with Gasteiger partial charge in [-0.15, -0.1) is 0 Å². The van der Waals surface area contributed by atoms with Crippen LogP contribution in [0.1, 0.15) is 117 Å². The van der Waals surface area contributed by atoms with E-state index in [2.05, 4.69) is 111 Å². The van der Waals surface area contributed by atoms with Crippen LogP contribution in [-0.4, -0.2) is 61.5 Å². The fourth-order valence-electron chi connectivity index (χ4n) is 5.09. The highest BCUT2D eigenvalue weighted by molar-refractivity contribution is 7.47. The molecule has 0 aliphatic carbocycles. The molecular formula is C47H72NO9P. The van der Waals surface area contributed by atoms with E-state index in [0.717, 1.165) is 70.6 Å². The van der Waals surface area contributed by atoms with Crippen molar-refractivity contribution in [1.29, 1.82) is 0 Å². The first-order chi connectivity index (χ1) is 28.3. The van der Waals surface area contributed by atoms with Gasteiger partial charge in [-0.1, -0.05) is 135 Å². The lowest BCUT2D eigenvalue weighted by molar-refractivity contribution is -0.161. The Morgan fingerprint density at radius 2 is 1.05 bits per heavy atom. The SMILES string of the molecule is CC/C=C\C/C=C\C/C=C\C/C=C\C/C=C\CCCC(=O)O[C@H](COC(=O)CC/C=C\C/C=C\C/C=C\C/C=C\CC1OC1C/C=C\CC)COP(=O)(O)OCCN. The summed E-state index contributed by atoms with van der Waals surface area (Å²) in [4.78, 5) is 34.8. The Morgan fingerprint density at radius 1 is 0.603 bits per heavy atom. The lowest BCUT2D eigenvalue weighted by atomic mass is 10.1. The second-order valence-electron chi connectivity index (χ2n) is 13.5. The van der Waals surface area contributed by atoms with Crippen LogP contribution in [0.4, 0.5) is 0 Å². The van der Waals surface area contributed by atoms with Gasteiger partial charge in [-0.3, -0.25) is 18.6 Å². The van der Waals surface area contributed by atoms with Gasteiger partial charge in [0.15, 0.2) is 6.10 Å². The minimum absolute atomic E-state index is 0.0255. The van der Waals surface area contributed by atoms with Crippen LogP contribution in [-0.2, 0) is 37.4 Å². The third-order valence-corrected chi connectivity index (χ3v) is 9.24. The van der Waals surface area contributed by atoms with Crippen molar-refractivity contribution in [2.24, 2.45) is 5.73 Å². The lowest BCUT2D eigenvalue weighted by Gasteiger charge is -2.19. The number of rotatable bonds is 36. The van der Waals surface area contributed by atoms with E-state index < -0.39 is 32.5 Å². The van der Waals surface area contributed by atoms with E-state index in [9.17, 15) is 19.0 Å². The standard InChI is InChI=1S/C47H72NO9P/c1-3-5-7-8-9-10-11-12-13-14-15-16-21-24-27-30-34-38-47(50)56-43(42-55-58(51,52)54-40-39-48)41-53-46(49)37-33-29-26-23-20-18-17-19-22-25-28-32-36-45-44(57-45)35-31-6-4-2/h5-7,9-10,12-13,15-16,18-20,22,24,26-29,31-32,43-45H,3-4,8,11,14,17,21,23,25,30,33-42,48H2,1-2H3,(H,51,52)/b7-5-,10-9-,13-12-,16-15-,20-18-,22-19-,27-24-,29-26-,31-6-,32-28-/t43-,44?,45?/m1/s1. The van der Waals surface area contributed by atoms with Gasteiger partial charge >= 0.3 is 19.8 Å². The summed E-state index contributed by atoms with van der Waals surface area (Å²) in [6, 6.07) is 0. The van der Waals surface area contributed by atoms with Crippen molar-refractivity contribution in [3.8, 4) is 0 Å². The molecule has 0 saturated carbocycles. The average molecular weight is 826 g/mol. The Morgan fingerprint density at radius 3 is 1.57 bits per heavy atom. The van der Waals surface area contributed by atoms with Crippen LogP contribution in [0.3, 0.4) is 0 Å². The molecule has 0 aromatic heterocycles. The minimum atomic E-state index is -4.42. The highest BCUT2D eigenvalue weighted by Gasteiger charge is 2.36. The first-order valence-corrected chi connectivity index (χ1v) is 22.6. The maximum Gasteiger partial charge on any atom is 0.472 e. The van der Waals surface area contributed by atoms with E-state index in [-0.39, 0.29) is 32.6 Å². The summed E-state index contributed by atoms with van der Waals surface area (Å²) in [7, 11) is -4.42. The Hall–Kier alpha value is -3.63. The molecule has 0 amide bonds. The predicted molar refractivity (Wildman–Crippen MR) is 237 cm³/mol. The summed E-state index contributed by atoms with van der Waals surface area (Å²) in [6.45, 7) is 3.30. The maximum absolute atomic E-state index is 12.6. The van der Waals surface area contributed by atoms with Gasteiger partial charge in [-0.2, -0.15) is 0 Å². The summed E-state index contributed by atoms with van der Waals surface area (Å²) in [6.07, 6.45) is 54.4. The summed E-state index contributed by atoms with van der Waals surface area (Å²) in [5.74, 6) is -1.02. The number of epoxide rings is 1. The average Bonchev–Trinajstić information content (AvgIpc) is 3.97. The maximum atomic E-state index is 12.6. The molecule has 3 N–H and O–H groups in total. The molecule has 1 fully saturated rings. The number of allylic oxidation sites excluding steroid dienone is 18. The molecule has 1 aliphatic heterocycles.